The molecular formula is C45H42N4O2+2. The molecular weight excluding hydrogens is 629 g/mol. The fraction of sp³-hybridized carbons (Fsp3) is 0.156. The van der Waals surface area contributed by atoms with Gasteiger partial charge in [-0.2, -0.15) is 0 Å². The van der Waals surface area contributed by atoms with Crippen molar-refractivity contribution in [3.8, 4) is 33.8 Å². The fourth-order valence-electron chi connectivity index (χ4n) is 6.25. The normalized spacial score (nSPS) is 11.0. The highest BCUT2D eigenvalue weighted by molar-refractivity contribution is 5.62. The second-order valence-corrected chi connectivity index (χ2v) is 12.8. The molecule has 0 aliphatic rings. The first-order valence-corrected chi connectivity index (χ1v) is 17.4. The molecule has 0 fully saturated rings. The number of ether oxygens (including phenoxy) is 2. The molecule has 4 heterocycles. The maximum atomic E-state index is 6.47. The Morgan fingerprint density at radius 1 is 0.451 bits per heavy atom. The number of aryl methyl sites for hydroxylation is 2. The molecule has 0 spiro atoms. The van der Waals surface area contributed by atoms with Gasteiger partial charge < -0.3 is 9.47 Å². The third-order valence-corrected chi connectivity index (χ3v) is 9.10. The molecule has 0 saturated carbocycles. The van der Waals surface area contributed by atoms with Gasteiger partial charge in [-0.05, 0) is 89.2 Å². The molecule has 6 nitrogen and oxygen atoms in total. The molecule has 252 valence electrons. The predicted molar refractivity (Wildman–Crippen MR) is 200 cm³/mol. The van der Waals surface area contributed by atoms with Gasteiger partial charge in [-0.15, -0.1) is 0 Å². The average molecular weight is 671 g/mol. The molecule has 3 aromatic carbocycles. The maximum Gasteiger partial charge on any atom is 0.182 e. The van der Waals surface area contributed by atoms with E-state index < -0.39 is 0 Å². The number of nitrogens with zero attached hydrogens (tertiary/aromatic N) is 4. The Bertz CT molecular complexity index is 1980. The smallest absolute Gasteiger partial charge is 0.182 e. The zero-order chi connectivity index (χ0) is 34.8. The molecule has 0 amide bonds. The molecule has 0 unspecified atom stereocenters. The van der Waals surface area contributed by atoms with Gasteiger partial charge in [0, 0.05) is 61.0 Å². The van der Waals surface area contributed by atoms with E-state index in [0.717, 1.165) is 39.3 Å². The van der Waals surface area contributed by atoms with E-state index in [-0.39, 0.29) is 5.92 Å². The van der Waals surface area contributed by atoms with Crippen molar-refractivity contribution >= 4 is 0 Å². The quantitative estimate of drug-likeness (QED) is 0.0915. The van der Waals surface area contributed by atoms with Crippen LogP contribution < -0.4 is 18.6 Å². The van der Waals surface area contributed by atoms with Crippen molar-refractivity contribution in [2.45, 2.75) is 32.9 Å². The molecule has 7 rings (SSSR count). The van der Waals surface area contributed by atoms with Crippen molar-refractivity contribution in [2.24, 2.45) is 0 Å². The van der Waals surface area contributed by atoms with Crippen LogP contribution in [0.15, 0.2) is 165 Å². The summed E-state index contributed by atoms with van der Waals surface area (Å²) >= 11 is 0. The van der Waals surface area contributed by atoms with E-state index in [0.29, 0.717) is 26.3 Å². The fourth-order valence-corrected chi connectivity index (χ4v) is 6.25. The number of hydrogen-bond donors (Lipinski definition) is 0. The van der Waals surface area contributed by atoms with E-state index >= 15 is 0 Å². The van der Waals surface area contributed by atoms with Crippen LogP contribution in [0.2, 0.25) is 0 Å². The Hall–Kier alpha value is -6.14. The van der Waals surface area contributed by atoms with E-state index in [4.69, 9.17) is 9.47 Å². The second-order valence-electron chi connectivity index (χ2n) is 12.8. The number of pyridine rings is 4. The summed E-state index contributed by atoms with van der Waals surface area (Å²) in [6.45, 7) is 6.70. The topological polar surface area (TPSA) is 52.0 Å². The minimum atomic E-state index is 0.0160. The van der Waals surface area contributed by atoms with Gasteiger partial charge in [0.25, 0.3) is 0 Å². The number of hydrogen-bond acceptors (Lipinski definition) is 4. The van der Waals surface area contributed by atoms with Crippen LogP contribution in [-0.4, -0.2) is 23.2 Å². The third kappa shape index (κ3) is 8.72. The summed E-state index contributed by atoms with van der Waals surface area (Å²) in [5.41, 5.74) is 10.7. The molecule has 0 atom stereocenters. The van der Waals surface area contributed by atoms with E-state index in [9.17, 15) is 0 Å². The molecule has 0 radical (unpaired) electrons. The summed E-state index contributed by atoms with van der Waals surface area (Å²) < 4.78 is 17.2. The van der Waals surface area contributed by atoms with Gasteiger partial charge in [0.2, 0.25) is 0 Å². The highest BCUT2D eigenvalue weighted by atomic mass is 16.5. The lowest BCUT2D eigenvalue weighted by molar-refractivity contribution is -0.697. The minimum absolute atomic E-state index is 0.0160. The van der Waals surface area contributed by atoms with E-state index in [1.54, 1.807) is 0 Å². The molecule has 0 aliphatic heterocycles. The van der Waals surface area contributed by atoms with Crippen LogP contribution in [0, 0.1) is 13.8 Å². The van der Waals surface area contributed by atoms with Crippen LogP contribution in [0.4, 0.5) is 0 Å². The molecule has 4 aromatic heterocycles. The lowest BCUT2D eigenvalue weighted by Gasteiger charge is -2.21. The molecule has 0 N–H and O–H groups in total. The zero-order valence-corrected chi connectivity index (χ0v) is 29.1. The van der Waals surface area contributed by atoms with E-state index in [1.807, 2.05) is 55.1 Å². The molecule has 0 bridgehead atoms. The number of rotatable bonds is 13. The van der Waals surface area contributed by atoms with Crippen molar-refractivity contribution < 1.29 is 18.6 Å². The van der Waals surface area contributed by atoms with Gasteiger partial charge in [0.05, 0.1) is 0 Å². The summed E-state index contributed by atoms with van der Waals surface area (Å²) in [7, 11) is 0. The van der Waals surface area contributed by atoms with Crippen molar-refractivity contribution in [1.82, 2.24) is 9.97 Å². The first-order chi connectivity index (χ1) is 25.1. The molecule has 6 heteroatoms. The van der Waals surface area contributed by atoms with Crippen LogP contribution in [0.25, 0.3) is 22.3 Å². The molecule has 0 aliphatic carbocycles. The van der Waals surface area contributed by atoms with Crippen molar-refractivity contribution in [1.29, 1.82) is 0 Å². The van der Waals surface area contributed by atoms with Gasteiger partial charge in [-0.3, -0.25) is 9.97 Å². The van der Waals surface area contributed by atoms with Gasteiger partial charge in [-0.1, -0.05) is 59.7 Å². The van der Waals surface area contributed by atoms with Crippen LogP contribution >= 0.6 is 0 Å². The third-order valence-electron chi connectivity index (χ3n) is 9.10. The standard InChI is InChI=1S/C45H42N4O2/c1-34-3-7-40(8-4-34)45(41-9-5-35(2)6-10-41)42-31-43(50-29-27-48-23-15-38(16-24-48)36-11-19-46-20-12-36)33-44(32-42)51-30-28-49-25-17-39(18-26-49)37-13-21-47-22-14-37/h3-26,31-33,45H,27-30H2,1-2H3/q+2. The Morgan fingerprint density at radius 2 is 0.824 bits per heavy atom. The van der Waals surface area contributed by atoms with Crippen LogP contribution in [0.1, 0.15) is 33.7 Å². The molecule has 7 aromatic rings. The zero-order valence-electron chi connectivity index (χ0n) is 29.1. The Kier molecular flexibility index (Phi) is 10.5. The number of aromatic nitrogens is 4. The largest absolute Gasteiger partial charge is 0.487 e. The van der Waals surface area contributed by atoms with Gasteiger partial charge in [-0.25, -0.2) is 9.13 Å². The first kappa shape index (κ1) is 33.4. The van der Waals surface area contributed by atoms with Crippen LogP contribution in [0.5, 0.6) is 11.5 Å². The highest BCUT2D eigenvalue weighted by Gasteiger charge is 2.20. The lowest BCUT2D eigenvalue weighted by Crippen LogP contribution is -2.35. The predicted octanol–water partition coefficient (Wildman–Crippen LogP) is 8.34. The monoisotopic (exact) mass is 670 g/mol. The number of benzene rings is 3. The summed E-state index contributed by atoms with van der Waals surface area (Å²) in [4.78, 5) is 8.26. The summed E-state index contributed by atoms with van der Waals surface area (Å²) in [5.74, 6) is 1.59. The maximum absolute atomic E-state index is 6.47. The summed E-state index contributed by atoms with van der Waals surface area (Å²) in [6.07, 6.45) is 15.6. The Labute approximate surface area is 300 Å². The Morgan fingerprint density at radius 3 is 1.22 bits per heavy atom. The van der Waals surface area contributed by atoms with Gasteiger partial charge >= 0.3 is 0 Å². The highest BCUT2D eigenvalue weighted by Crippen LogP contribution is 2.36. The molecule has 51 heavy (non-hydrogen) atoms. The van der Waals surface area contributed by atoms with E-state index in [2.05, 4.69) is 143 Å². The first-order valence-electron chi connectivity index (χ1n) is 17.4. The second kappa shape index (κ2) is 16.0. The van der Waals surface area contributed by atoms with Gasteiger partial charge in [0.1, 0.15) is 24.7 Å². The average Bonchev–Trinajstić information content (AvgIpc) is 3.18. The summed E-state index contributed by atoms with van der Waals surface area (Å²) in [5, 5.41) is 0. The lowest BCUT2D eigenvalue weighted by atomic mass is 9.84. The minimum Gasteiger partial charge on any atom is -0.487 e. The van der Waals surface area contributed by atoms with Crippen LogP contribution in [0.3, 0.4) is 0 Å². The van der Waals surface area contributed by atoms with Crippen LogP contribution in [-0.2, 0) is 13.1 Å². The van der Waals surface area contributed by atoms with Gasteiger partial charge in [0.15, 0.2) is 37.9 Å². The van der Waals surface area contributed by atoms with E-state index in [1.165, 1.54) is 22.3 Å². The Balaban J connectivity index is 1.11. The summed E-state index contributed by atoms with van der Waals surface area (Å²) in [6, 6.07) is 40.6. The SMILES string of the molecule is Cc1ccc(C(c2ccc(C)cc2)c2cc(OCC[n+]3ccc(-c4ccncc4)cc3)cc(OCC[n+]3ccc(-c4ccncc4)cc3)c2)cc1. The van der Waals surface area contributed by atoms with Crippen molar-refractivity contribution in [2.75, 3.05) is 13.2 Å². The van der Waals surface area contributed by atoms with Crippen molar-refractivity contribution in [3.63, 3.8) is 0 Å². The molecule has 0 saturated heterocycles. The van der Waals surface area contributed by atoms with Crippen molar-refractivity contribution in [3.05, 3.63) is 193 Å².